The van der Waals surface area contributed by atoms with Crippen molar-refractivity contribution in [2.45, 2.75) is 25.7 Å². The molecule has 1 heterocycles. The maximum absolute atomic E-state index is 14.2. The average molecular weight is 486 g/mol. The van der Waals surface area contributed by atoms with E-state index in [2.05, 4.69) is 41.1 Å². The number of benzene rings is 3. The topological polar surface area (TPSA) is 48.2 Å². The third-order valence-electron chi connectivity index (χ3n) is 5.90. The molecule has 3 aromatic carbocycles. The van der Waals surface area contributed by atoms with Crippen molar-refractivity contribution >= 4 is 17.8 Å². The number of fused-ring (bicyclic) bond motifs is 1. The molecule has 0 saturated carbocycles. The molecule has 1 unspecified atom stereocenters. The quantitative estimate of drug-likeness (QED) is 0.263. The predicted octanol–water partition coefficient (Wildman–Crippen LogP) is 6.04. The van der Waals surface area contributed by atoms with Crippen molar-refractivity contribution in [2.24, 2.45) is 10.2 Å². The number of allylic oxidation sites excluding steroid dienone is 2. The Hall–Kier alpha value is -3.22. The molecule has 1 aliphatic heterocycles. The first-order chi connectivity index (χ1) is 15.5. The number of aliphatic hydroxyl groups excluding tert-OH is 1. The molecule has 0 fully saturated rings. The summed E-state index contributed by atoms with van der Waals surface area (Å²) in [6.07, 6.45) is 4.22. The predicted molar refractivity (Wildman–Crippen MR) is 129 cm³/mol. The van der Waals surface area contributed by atoms with Gasteiger partial charge in [-0.15, -0.1) is 5.10 Å². The Balaban J connectivity index is 0.00000306. The van der Waals surface area contributed by atoms with Gasteiger partial charge in [0.2, 0.25) is 5.90 Å². The Labute approximate surface area is 204 Å². The molecule has 4 rings (SSSR count). The largest absolute Gasteiger partial charge is 0.492 e. The van der Waals surface area contributed by atoms with Crippen molar-refractivity contribution in [2.75, 3.05) is 11.4 Å². The van der Waals surface area contributed by atoms with Gasteiger partial charge in [0, 0.05) is 45.7 Å². The zero-order chi connectivity index (χ0) is 22.6. The minimum atomic E-state index is -0.438. The number of likely N-dealkylation sites (N-methyl/N-ethyl adjacent to an activating group) is 1. The van der Waals surface area contributed by atoms with Gasteiger partial charge in [-0.05, 0) is 67.8 Å². The van der Waals surface area contributed by atoms with Crippen LogP contribution in [0.3, 0.4) is 0 Å². The first-order valence-electron chi connectivity index (χ1n) is 10.7. The molecule has 0 amide bonds. The molecule has 0 aromatic heterocycles. The zero-order valence-electron chi connectivity index (χ0n) is 18.6. The van der Waals surface area contributed by atoms with E-state index < -0.39 is 5.41 Å². The van der Waals surface area contributed by atoms with E-state index in [1.54, 1.807) is 24.4 Å². The summed E-state index contributed by atoms with van der Waals surface area (Å²) in [5, 5.41) is 18.1. The van der Waals surface area contributed by atoms with Crippen LogP contribution in [0.15, 0.2) is 101 Å². The molecule has 33 heavy (non-hydrogen) atoms. The Kier molecular flexibility index (Phi) is 7.84. The molecule has 0 bridgehead atoms. The summed E-state index contributed by atoms with van der Waals surface area (Å²) < 4.78 is 14.2. The van der Waals surface area contributed by atoms with Crippen molar-refractivity contribution in [3.8, 4) is 0 Å². The van der Waals surface area contributed by atoms with Gasteiger partial charge in [0.1, 0.15) is 5.82 Å². The molecule has 1 radical (unpaired) electrons. The fourth-order valence-corrected chi connectivity index (χ4v) is 4.39. The maximum atomic E-state index is 14.2. The SMILES string of the molecule is CCN1\C(=C/C=N/N=C(\O)c2ccccc2)C(C)(Cc2ccccc2)c2cc(F)ccc21.[Co]. The third-order valence-corrected chi connectivity index (χ3v) is 5.90. The monoisotopic (exact) mass is 486 g/mol. The third kappa shape index (κ3) is 5.07. The molecule has 1 aliphatic rings. The second-order valence-electron chi connectivity index (χ2n) is 8.01. The maximum Gasteiger partial charge on any atom is 0.238 e. The molecule has 4 nitrogen and oxygen atoms in total. The first kappa shape index (κ1) is 24.4. The Morgan fingerprint density at radius 3 is 2.36 bits per heavy atom. The van der Waals surface area contributed by atoms with E-state index in [1.165, 1.54) is 11.6 Å². The Morgan fingerprint density at radius 2 is 1.70 bits per heavy atom. The van der Waals surface area contributed by atoms with Gasteiger partial charge in [0.25, 0.3) is 0 Å². The number of halogens is 1. The van der Waals surface area contributed by atoms with Gasteiger partial charge in [-0.3, -0.25) is 0 Å². The van der Waals surface area contributed by atoms with E-state index >= 15 is 0 Å². The Morgan fingerprint density at radius 1 is 1.03 bits per heavy atom. The standard InChI is InChI=1S/C27H26FN3O.Co/c1-3-31-24-15-14-22(28)18-23(24)27(2,19-20-10-6-4-7-11-20)25(31)16-17-29-30-26(32)21-12-8-5-9-13-21;/h4-18H,3,19H2,1-2H3,(H,30,32);/b25-16-,29-17+;. The number of nitrogens with zero attached hydrogens (tertiary/aromatic N) is 3. The van der Waals surface area contributed by atoms with Crippen LogP contribution in [0.5, 0.6) is 0 Å². The second kappa shape index (κ2) is 10.6. The molecule has 0 aliphatic carbocycles. The van der Waals surface area contributed by atoms with E-state index in [0.717, 1.165) is 29.9 Å². The van der Waals surface area contributed by atoms with Crippen LogP contribution in [0, 0.1) is 5.82 Å². The number of anilines is 1. The number of hydrogen-bond donors (Lipinski definition) is 1. The molecule has 0 saturated heterocycles. The van der Waals surface area contributed by atoms with Crippen LogP contribution in [-0.2, 0) is 28.6 Å². The number of hydrogen-bond acceptors (Lipinski definition) is 3. The molecule has 1 atom stereocenters. The summed E-state index contributed by atoms with van der Waals surface area (Å²) in [5.41, 5.74) is 4.31. The van der Waals surface area contributed by atoms with Gasteiger partial charge in [-0.25, -0.2) is 4.39 Å². The summed E-state index contributed by atoms with van der Waals surface area (Å²) in [4.78, 5) is 2.19. The van der Waals surface area contributed by atoms with Crippen LogP contribution >= 0.6 is 0 Å². The van der Waals surface area contributed by atoms with Crippen LogP contribution in [0.4, 0.5) is 10.1 Å². The van der Waals surface area contributed by atoms with E-state index in [4.69, 9.17) is 0 Å². The molecule has 3 aromatic rings. The molecule has 171 valence electrons. The van der Waals surface area contributed by atoms with Crippen LogP contribution in [0.25, 0.3) is 0 Å². The Bertz CT molecular complexity index is 1180. The fourth-order valence-electron chi connectivity index (χ4n) is 4.39. The smallest absolute Gasteiger partial charge is 0.238 e. The van der Waals surface area contributed by atoms with Gasteiger partial charge in [0.05, 0.1) is 6.21 Å². The van der Waals surface area contributed by atoms with Gasteiger partial charge in [-0.2, -0.15) is 5.10 Å². The van der Waals surface area contributed by atoms with Gasteiger partial charge >= 0.3 is 0 Å². The molecular weight excluding hydrogens is 460 g/mol. The molecule has 1 N–H and O–H groups in total. The van der Waals surface area contributed by atoms with E-state index in [0.29, 0.717) is 5.56 Å². The normalized spacial score (nSPS) is 19.1. The zero-order valence-corrected chi connectivity index (χ0v) is 19.6. The fraction of sp³-hybridized carbons (Fsp3) is 0.185. The van der Waals surface area contributed by atoms with E-state index in [1.807, 2.05) is 48.5 Å². The van der Waals surface area contributed by atoms with Crippen molar-refractivity contribution < 1.29 is 26.3 Å². The summed E-state index contributed by atoms with van der Waals surface area (Å²) in [6.45, 7) is 4.95. The minimum Gasteiger partial charge on any atom is -0.492 e. The number of aliphatic hydroxyl groups is 1. The first-order valence-corrected chi connectivity index (χ1v) is 10.7. The van der Waals surface area contributed by atoms with Crippen molar-refractivity contribution in [1.82, 2.24) is 0 Å². The van der Waals surface area contributed by atoms with Crippen LogP contribution in [0.2, 0.25) is 0 Å². The van der Waals surface area contributed by atoms with Crippen LogP contribution in [0.1, 0.15) is 30.5 Å². The minimum absolute atomic E-state index is 0. The van der Waals surface area contributed by atoms with Gasteiger partial charge < -0.3 is 10.0 Å². The summed E-state index contributed by atoms with van der Waals surface area (Å²) in [7, 11) is 0. The van der Waals surface area contributed by atoms with Crippen molar-refractivity contribution in [1.29, 1.82) is 0 Å². The van der Waals surface area contributed by atoms with Gasteiger partial charge in [-0.1, -0.05) is 48.5 Å². The summed E-state index contributed by atoms with van der Waals surface area (Å²) in [5.74, 6) is -0.386. The molecular formula is C27H26CoFN3O. The summed E-state index contributed by atoms with van der Waals surface area (Å²) >= 11 is 0. The van der Waals surface area contributed by atoms with Crippen molar-refractivity contribution in [3.05, 3.63) is 113 Å². The van der Waals surface area contributed by atoms with Crippen molar-refractivity contribution in [3.63, 3.8) is 0 Å². The van der Waals surface area contributed by atoms with Gasteiger partial charge in [0.15, 0.2) is 0 Å². The van der Waals surface area contributed by atoms with Crippen LogP contribution < -0.4 is 4.90 Å². The molecule has 6 heteroatoms. The number of rotatable bonds is 6. The van der Waals surface area contributed by atoms with E-state index in [-0.39, 0.29) is 28.5 Å². The summed E-state index contributed by atoms with van der Waals surface area (Å²) in [6, 6.07) is 24.3. The molecule has 0 spiro atoms. The van der Waals surface area contributed by atoms with E-state index in [9.17, 15) is 9.50 Å². The second-order valence-corrected chi connectivity index (χ2v) is 8.01. The van der Waals surface area contributed by atoms with Crippen LogP contribution in [-0.4, -0.2) is 23.8 Å². The average Bonchev–Trinajstić information content (AvgIpc) is 3.04.